The van der Waals surface area contributed by atoms with Crippen molar-refractivity contribution in [2.24, 2.45) is 0 Å². The van der Waals surface area contributed by atoms with Crippen LogP contribution in [0.1, 0.15) is 15.9 Å². The first kappa shape index (κ1) is 15.1. The van der Waals surface area contributed by atoms with E-state index >= 15 is 0 Å². The number of hydrogen-bond acceptors (Lipinski definition) is 4. The van der Waals surface area contributed by atoms with Crippen molar-refractivity contribution in [1.82, 2.24) is 0 Å². The van der Waals surface area contributed by atoms with Gasteiger partial charge in [-0.3, -0.25) is 0 Å². The van der Waals surface area contributed by atoms with Gasteiger partial charge in [-0.1, -0.05) is 11.6 Å². The summed E-state index contributed by atoms with van der Waals surface area (Å²) in [6, 6.07) is 8.30. The Morgan fingerprint density at radius 2 is 2.10 bits per heavy atom. The van der Waals surface area contributed by atoms with Gasteiger partial charge in [-0.25, -0.2) is 9.18 Å². The molecule has 6 heteroatoms. The van der Waals surface area contributed by atoms with Crippen LogP contribution in [0.3, 0.4) is 0 Å². The third-order valence-corrected chi connectivity index (χ3v) is 3.13. The van der Waals surface area contributed by atoms with Gasteiger partial charge >= 0.3 is 5.97 Å². The summed E-state index contributed by atoms with van der Waals surface area (Å²) in [5.41, 5.74) is 1.02. The van der Waals surface area contributed by atoms with Crippen LogP contribution in [-0.2, 0) is 11.3 Å². The zero-order valence-electron chi connectivity index (χ0n) is 11.2. The average Bonchev–Trinajstić information content (AvgIpc) is 2.47. The number of halogens is 2. The number of carbonyl (C=O) groups excluding carboxylic acids is 1. The first-order chi connectivity index (χ1) is 10.0. The minimum atomic E-state index is -0.576. The van der Waals surface area contributed by atoms with Gasteiger partial charge in [-0.05, 0) is 36.4 Å². The van der Waals surface area contributed by atoms with Gasteiger partial charge in [0.05, 0.1) is 18.4 Å². The first-order valence-electron chi connectivity index (χ1n) is 6.10. The summed E-state index contributed by atoms with van der Waals surface area (Å²) in [7, 11) is 1.25. The van der Waals surface area contributed by atoms with Crippen molar-refractivity contribution in [3.8, 4) is 5.75 Å². The van der Waals surface area contributed by atoms with Crippen molar-refractivity contribution in [3.63, 3.8) is 0 Å². The molecule has 2 aromatic carbocycles. The zero-order chi connectivity index (χ0) is 15.4. The van der Waals surface area contributed by atoms with Crippen LogP contribution >= 0.6 is 11.6 Å². The monoisotopic (exact) mass is 309 g/mol. The van der Waals surface area contributed by atoms with E-state index in [4.69, 9.17) is 11.6 Å². The molecule has 0 heterocycles. The molecule has 0 fully saturated rings. The topological polar surface area (TPSA) is 58.6 Å². The predicted molar refractivity (Wildman–Crippen MR) is 78.2 cm³/mol. The second kappa shape index (κ2) is 6.45. The molecular formula is C15H13ClFNO3. The van der Waals surface area contributed by atoms with E-state index in [-0.39, 0.29) is 23.5 Å². The summed E-state index contributed by atoms with van der Waals surface area (Å²) in [4.78, 5) is 11.6. The molecule has 0 saturated carbocycles. The number of methoxy groups -OCH3 is 1. The van der Waals surface area contributed by atoms with Crippen molar-refractivity contribution < 1.29 is 19.0 Å². The van der Waals surface area contributed by atoms with Gasteiger partial charge < -0.3 is 15.2 Å². The maximum atomic E-state index is 13.3. The lowest BCUT2D eigenvalue weighted by Gasteiger charge is -2.12. The average molecular weight is 310 g/mol. The van der Waals surface area contributed by atoms with Gasteiger partial charge in [0.1, 0.15) is 11.6 Å². The molecule has 2 N–H and O–H groups in total. The quantitative estimate of drug-likeness (QED) is 0.848. The van der Waals surface area contributed by atoms with E-state index in [2.05, 4.69) is 10.1 Å². The van der Waals surface area contributed by atoms with E-state index in [1.165, 1.54) is 31.4 Å². The van der Waals surface area contributed by atoms with Crippen molar-refractivity contribution in [1.29, 1.82) is 0 Å². The van der Waals surface area contributed by atoms with Crippen LogP contribution in [0, 0.1) is 5.82 Å². The largest absolute Gasteiger partial charge is 0.508 e. The van der Waals surface area contributed by atoms with Crippen molar-refractivity contribution in [3.05, 3.63) is 58.4 Å². The van der Waals surface area contributed by atoms with E-state index in [0.717, 1.165) is 0 Å². The number of ether oxygens (including phenoxy) is 1. The highest BCUT2D eigenvalue weighted by molar-refractivity contribution is 6.30. The predicted octanol–water partition coefficient (Wildman–Crippen LogP) is 3.58. The third-order valence-electron chi connectivity index (χ3n) is 2.90. The van der Waals surface area contributed by atoms with Crippen molar-refractivity contribution in [2.45, 2.75) is 6.54 Å². The number of nitrogens with one attached hydrogen (secondary N) is 1. The summed E-state index contributed by atoms with van der Waals surface area (Å²) in [6.07, 6.45) is 0. The molecular weight excluding hydrogens is 297 g/mol. The van der Waals surface area contributed by atoms with Crippen LogP contribution in [0.4, 0.5) is 10.1 Å². The smallest absolute Gasteiger partial charge is 0.339 e. The van der Waals surface area contributed by atoms with Gasteiger partial charge in [0.15, 0.2) is 0 Å². The summed E-state index contributed by atoms with van der Waals surface area (Å²) in [6.45, 7) is 0.180. The first-order valence-corrected chi connectivity index (χ1v) is 6.48. The number of phenolic OH excluding ortho intramolecular Hbond substituents is 1. The maximum absolute atomic E-state index is 13.3. The Morgan fingerprint density at radius 3 is 2.81 bits per heavy atom. The summed E-state index contributed by atoms with van der Waals surface area (Å²) >= 11 is 5.85. The van der Waals surface area contributed by atoms with Crippen LogP contribution in [0.15, 0.2) is 36.4 Å². The third kappa shape index (κ3) is 3.64. The lowest BCUT2D eigenvalue weighted by Crippen LogP contribution is -2.08. The Balaban J connectivity index is 2.25. The molecule has 0 unspecified atom stereocenters. The normalized spacial score (nSPS) is 10.2. The molecule has 0 spiro atoms. The molecule has 0 aliphatic rings. The van der Waals surface area contributed by atoms with E-state index < -0.39 is 11.8 Å². The summed E-state index contributed by atoms with van der Waals surface area (Å²) in [5, 5.41) is 13.1. The minimum Gasteiger partial charge on any atom is -0.508 e. The molecule has 2 rings (SSSR count). The fourth-order valence-electron chi connectivity index (χ4n) is 1.84. The highest BCUT2D eigenvalue weighted by Gasteiger charge is 2.13. The maximum Gasteiger partial charge on any atom is 0.339 e. The number of hydrogen-bond donors (Lipinski definition) is 2. The van der Waals surface area contributed by atoms with Gasteiger partial charge in [0.2, 0.25) is 0 Å². The Bertz CT molecular complexity index is 676. The van der Waals surface area contributed by atoms with E-state index in [1.807, 2.05) is 0 Å². The highest BCUT2D eigenvalue weighted by atomic mass is 35.5. The number of carbonyl (C=O) groups is 1. The number of aromatic hydroxyl groups is 1. The molecule has 110 valence electrons. The summed E-state index contributed by atoms with van der Waals surface area (Å²) in [5.74, 6) is -1.00. The van der Waals surface area contributed by atoms with Crippen molar-refractivity contribution >= 4 is 23.3 Å². The molecule has 0 atom stereocenters. The van der Waals surface area contributed by atoms with E-state index in [0.29, 0.717) is 10.6 Å². The fraction of sp³-hybridized carbons (Fsp3) is 0.133. The molecule has 0 bridgehead atoms. The Hall–Kier alpha value is -2.27. The number of anilines is 1. The lowest BCUT2D eigenvalue weighted by molar-refractivity contribution is 0.0602. The Morgan fingerprint density at radius 1 is 1.33 bits per heavy atom. The minimum absolute atomic E-state index is 0.0583. The number of benzene rings is 2. The second-order valence-electron chi connectivity index (χ2n) is 4.31. The van der Waals surface area contributed by atoms with Gasteiger partial charge in [-0.2, -0.15) is 0 Å². The zero-order valence-corrected chi connectivity index (χ0v) is 11.9. The van der Waals surface area contributed by atoms with Crippen LogP contribution in [-0.4, -0.2) is 18.2 Å². The fourth-order valence-corrected chi connectivity index (χ4v) is 2.03. The van der Waals surface area contributed by atoms with Crippen LogP contribution < -0.4 is 5.32 Å². The molecule has 0 aliphatic carbocycles. The van der Waals surface area contributed by atoms with Crippen LogP contribution in [0.25, 0.3) is 0 Å². The SMILES string of the molecule is COC(=O)c1ccc(F)cc1NCc1cc(Cl)ccc1O. The van der Waals surface area contributed by atoms with E-state index in [9.17, 15) is 14.3 Å². The molecule has 0 aliphatic heterocycles. The molecule has 0 amide bonds. The second-order valence-corrected chi connectivity index (χ2v) is 4.74. The number of rotatable bonds is 4. The number of esters is 1. The van der Waals surface area contributed by atoms with Gasteiger partial charge in [0, 0.05) is 17.1 Å². The molecule has 4 nitrogen and oxygen atoms in total. The van der Waals surface area contributed by atoms with Crippen LogP contribution in [0.2, 0.25) is 5.02 Å². The number of phenols is 1. The van der Waals surface area contributed by atoms with Crippen LogP contribution in [0.5, 0.6) is 5.75 Å². The summed E-state index contributed by atoms with van der Waals surface area (Å²) < 4.78 is 18.0. The molecule has 0 saturated heterocycles. The molecule has 21 heavy (non-hydrogen) atoms. The molecule has 2 aromatic rings. The van der Waals surface area contributed by atoms with E-state index in [1.54, 1.807) is 12.1 Å². The lowest BCUT2D eigenvalue weighted by atomic mass is 10.1. The Labute approximate surface area is 126 Å². The molecule has 0 aromatic heterocycles. The van der Waals surface area contributed by atoms with Gasteiger partial charge in [0.25, 0.3) is 0 Å². The Kier molecular flexibility index (Phi) is 4.65. The highest BCUT2D eigenvalue weighted by Crippen LogP contribution is 2.24. The molecule has 0 radical (unpaired) electrons. The van der Waals surface area contributed by atoms with Crippen molar-refractivity contribution in [2.75, 3.05) is 12.4 Å². The standard InChI is InChI=1S/C15H13ClFNO3/c1-21-15(20)12-4-3-11(17)7-13(12)18-8-9-6-10(16)2-5-14(9)19/h2-7,18-19H,8H2,1H3. The van der Waals surface area contributed by atoms with Gasteiger partial charge in [-0.15, -0.1) is 0 Å².